The third-order valence-corrected chi connectivity index (χ3v) is 5.35. The summed E-state index contributed by atoms with van der Waals surface area (Å²) in [6.07, 6.45) is 0. The Morgan fingerprint density at radius 3 is 2.38 bits per heavy atom. The number of imide groups is 1. The molecule has 0 atom stereocenters. The molecule has 3 aromatic rings. The number of carbonyl (C=O) groups is 2. The highest BCUT2D eigenvalue weighted by molar-refractivity contribution is 6.46. The molecule has 8 heteroatoms. The second kappa shape index (κ2) is 8.01. The Balaban J connectivity index is 1.59. The van der Waals surface area contributed by atoms with E-state index in [1.165, 1.54) is 18.2 Å². The van der Waals surface area contributed by atoms with Gasteiger partial charge in [0.05, 0.1) is 11.3 Å². The predicted octanol–water partition coefficient (Wildman–Crippen LogP) is 4.65. The molecule has 2 aliphatic rings. The Hall–Kier alpha value is -3.84. The quantitative estimate of drug-likeness (QED) is 0.586. The molecule has 0 unspecified atom stereocenters. The third kappa shape index (κ3) is 3.56. The average Bonchev–Trinajstić information content (AvgIpc) is 3.03. The molecule has 0 saturated heterocycles. The van der Waals surface area contributed by atoms with Gasteiger partial charge >= 0.3 is 0 Å². The molecular formula is C24H16ClFN2O4. The van der Waals surface area contributed by atoms with E-state index in [1.807, 2.05) is 0 Å². The largest absolute Gasteiger partial charge is 0.486 e. The zero-order chi connectivity index (χ0) is 22.2. The number of carbonyl (C=O) groups excluding carboxylic acids is 2. The number of benzene rings is 3. The molecule has 160 valence electrons. The lowest BCUT2D eigenvalue weighted by Gasteiger charge is -2.19. The number of nitrogens with zero attached hydrogens (tertiary/aromatic N) is 1. The van der Waals surface area contributed by atoms with Crippen LogP contribution in [0.2, 0.25) is 5.02 Å². The number of rotatable bonds is 4. The lowest BCUT2D eigenvalue weighted by Crippen LogP contribution is -2.32. The highest BCUT2D eigenvalue weighted by Crippen LogP contribution is 2.37. The molecule has 2 heterocycles. The highest BCUT2D eigenvalue weighted by Gasteiger charge is 2.40. The van der Waals surface area contributed by atoms with E-state index in [1.54, 1.807) is 42.5 Å². The molecule has 2 amide bonds. The predicted molar refractivity (Wildman–Crippen MR) is 118 cm³/mol. The van der Waals surface area contributed by atoms with E-state index in [9.17, 15) is 14.0 Å². The first kappa shape index (κ1) is 20.1. The minimum atomic E-state index is -0.597. The van der Waals surface area contributed by atoms with Crippen LogP contribution in [0.15, 0.2) is 72.4 Å². The summed E-state index contributed by atoms with van der Waals surface area (Å²) >= 11 is 6.00. The van der Waals surface area contributed by atoms with Crippen LogP contribution in [0.25, 0.3) is 5.57 Å². The molecule has 0 bridgehead atoms. The van der Waals surface area contributed by atoms with E-state index < -0.39 is 17.6 Å². The van der Waals surface area contributed by atoms with Gasteiger partial charge in [0.2, 0.25) is 0 Å². The highest BCUT2D eigenvalue weighted by atomic mass is 35.5. The Morgan fingerprint density at radius 1 is 0.875 bits per heavy atom. The van der Waals surface area contributed by atoms with Crippen molar-refractivity contribution in [2.24, 2.45) is 0 Å². The van der Waals surface area contributed by atoms with E-state index >= 15 is 0 Å². The summed E-state index contributed by atoms with van der Waals surface area (Å²) in [7, 11) is 0. The van der Waals surface area contributed by atoms with Gasteiger partial charge in [-0.2, -0.15) is 0 Å². The minimum absolute atomic E-state index is 0.0678. The van der Waals surface area contributed by atoms with Crippen LogP contribution >= 0.6 is 11.6 Å². The van der Waals surface area contributed by atoms with Crippen LogP contribution in [0.3, 0.4) is 0 Å². The van der Waals surface area contributed by atoms with Gasteiger partial charge in [0.15, 0.2) is 11.5 Å². The number of amides is 2. The molecule has 32 heavy (non-hydrogen) atoms. The number of hydrogen-bond donors (Lipinski definition) is 1. The number of ether oxygens (including phenoxy) is 2. The summed E-state index contributed by atoms with van der Waals surface area (Å²) in [5.41, 5.74) is 1.42. The molecule has 1 N–H and O–H groups in total. The Bertz CT molecular complexity index is 1270. The molecule has 0 aromatic heterocycles. The molecule has 0 radical (unpaired) electrons. The number of nitrogens with one attached hydrogen (secondary N) is 1. The van der Waals surface area contributed by atoms with Crippen molar-refractivity contribution in [3.05, 3.63) is 88.8 Å². The molecule has 0 fully saturated rings. The monoisotopic (exact) mass is 450 g/mol. The van der Waals surface area contributed by atoms with Crippen molar-refractivity contribution in [1.82, 2.24) is 0 Å². The molecule has 5 rings (SSSR count). The van der Waals surface area contributed by atoms with Crippen molar-refractivity contribution in [1.29, 1.82) is 0 Å². The Morgan fingerprint density at radius 2 is 1.62 bits per heavy atom. The number of fused-ring (bicyclic) bond motifs is 1. The van der Waals surface area contributed by atoms with Crippen LogP contribution in [0, 0.1) is 5.82 Å². The Kier molecular flexibility index (Phi) is 5.03. The summed E-state index contributed by atoms with van der Waals surface area (Å²) < 4.78 is 25.0. The van der Waals surface area contributed by atoms with Gasteiger partial charge in [0.1, 0.15) is 24.7 Å². The fourth-order valence-corrected chi connectivity index (χ4v) is 3.77. The molecule has 0 spiro atoms. The molecule has 2 aliphatic heterocycles. The molecule has 0 aliphatic carbocycles. The summed E-state index contributed by atoms with van der Waals surface area (Å²) in [5, 5.41) is 3.55. The van der Waals surface area contributed by atoms with E-state index in [-0.39, 0.29) is 17.0 Å². The number of hydrogen-bond acceptors (Lipinski definition) is 5. The van der Waals surface area contributed by atoms with Gasteiger partial charge in [-0.3, -0.25) is 9.59 Å². The molecular weight excluding hydrogens is 435 g/mol. The van der Waals surface area contributed by atoms with Gasteiger partial charge in [-0.25, -0.2) is 9.29 Å². The van der Waals surface area contributed by atoms with Crippen LogP contribution in [-0.2, 0) is 9.59 Å². The van der Waals surface area contributed by atoms with Gasteiger partial charge in [0.25, 0.3) is 11.8 Å². The maximum Gasteiger partial charge on any atom is 0.282 e. The van der Waals surface area contributed by atoms with Crippen LogP contribution in [0.1, 0.15) is 5.56 Å². The second-order valence-electron chi connectivity index (χ2n) is 7.17. The van der Waals surface area contributed by atoms with Crippen molar-refractivity contribution in [2.45, 2.75) is 0 Å². The van der Waals surface area contributed by atoms with E-state index in [4.69, 9.17) is 21.1 Å². The summed E-state index contributed by atoms with van der Waals surface area (Å²) in [6, 6.07) is 17.1. The van der Waals surface area contributed by atoms with Crippen LogP contribution in [0.5, 0.6) is 11.5 Å². The lowest BCUT2D eigenvalue weighted by molar-refractivity contribution is -0.120. The maximum absolute atomic E-state index is 13.8. The van der Waals surface area contributed by atoms with Crippen molar-refractivity contribution < 1.29 is 23.5 Å². The SMILES string of the molecule is O=C1C(Nc2ccc3c(c2)OCCO3)=C(c2ccc(Cl)cc2)C(=O)N1c1cccc(F)c1. The zero-order valence-corrected chi connectivity index (χ0v) is 17.4. The fourth-order valence-electron chi connectivity index (χ4n) is 3.65. The van der Waals surface area contributed by atoms with Crippen LogP contribution < -0.4 is 19.7 Å². The second-order valence-corrected chi connectivity index (χ2v) is 7.60. The smallest absolute Gasteiger partial charge is 0.282 e. The topological polar surface area (TPSA) is 67.9 Å². The van der Waals surface area contributed by atoms with Gasteiger partial charge in [-0.1, -0.05) is 29.8 Å². The summed E-state index contributed by atoms with van der Waals surface area (Å²) in [5.74, 6) is -0.578. The van der Waals surface area contributed by atoms with Gasteiger partial charge in [-0.15, -0.1) is 0 Å². The van der Waals surface area contributed by atoms with E-state index in [0.29, 0.717) is 41.0 Å². The van der Waals surface area contributed by atoms with Crippen LogP contribution in [-0.4, -0.2) is 25.0 Å². The Labute approximate surface area is 187 Å². The summed E-state index contributed by atoms with van der Waals surface area (Å²) in [4.78, 5) is 27.7. The standard InChI is InChI=1S/C24H16ClFN2O4/c25-15-6-4-14(5-7-15)21-22(27-17-8-9-19-20(13-17)32-11-10-31-19)24(30)28(23(21)29)18-3-1-2-16(26)12-18/h1-9,12-13,27H,10-11H2. The third-order valence-electron chi connectivity index (χ3n) is 5.09. The first-order valence-corrected chi connectivity index (χ1v) is 10.2. The number of anilines is 2. The average molecular weight is 451 g/mol. The van der Waals surface area contributed by atoms with E-state index in [2.05, 4.69) is 5.32 Å². The summed E-state index contributed by atoms with van der Waals surface area (Å²) in [6.45, 7) is 0.876. The molecule has 0 saturated carbocycles. The first-order chi connectivity index (χ1) is 15.5. The van der Waals surface area contributed by atoms with E-state index in [0.717, 1.165) is 11.0 Å². The van der Waals surface area contributed by atoms with Crippen molar-refractivity contribution >= 4 is 40.4 Å². The molecule has 6 nitrogen and oxygen atoms in total. The van der Waals surface area contributed by atoms with Crippen molar-refractivity contribution in [3.8, 4) is 11.5 Å². The molecule has 3 aromatic carbocycles. The lowest BCUT2D eigenvalue weighted by atomic mass is 10.0. The minimum Gasteiger partial charge on any atom is -0.486 e. The van der Waals surface area contributed by atoms with Crippen LogP contribution in [0.4, 0.5) is 15.8 Å². The van der Waals surface area contributed by atoms with Crippen molar-refractivity contribution in [2.75, 3.05) is 23.4 Å². The fraction of sp³-hybridized carbons (Fsp3) is 0.0833. The maximum atomic E-state index is 13.8. The van der Waals surface area contributed by atoms with Gasteiger partial charge in [0, 0.05) is 16.8 Å². The van der Waals surface area contributed by atoms with Gasteiger partial charge in [-0.05, 0) is 48.0 Å². The first-order valence-electron chi connectivity index (χ1n) is 9.82. The normalized spacial score (nSPS) is 15.4. The number of halogens is 2. The van der Waals surface area contributed by atoms with Crippen molar-refractivity contribution in [3.63, 3.8) is 0 Å². The van der Waals surface area contributed by atoms with Gasteiger partial charge < -0.3 is 14.8 Å². The zero-order valence-electron chi connectivity index (χ0n) is 16.6.